The zero-order valence-electron chi connectivity index (χ0n) is 18.8. The maximum absolute atomic E-state index is 15.5. The summed E-state index contributed by atoms with van der Waals surface area (Å²) < 4.78 is 37.1. The molecule has 2 aliphatic rings. The largest absolute Gasteiger partial charge is 0.478 e. The van der Waals surface area contributed by atoms with Crippen molar-refractivity contribution in [2.45, 2.75) is 25.3 Å². The van der Waals surface area contributed by atoms with E-state index in [9.17, 15) is 14.3 Å². The number of benzene rings is 3. The summed E-state index contributed by atoms with van der Waals surface area (Å²) in [6.07, 6.45) is 3.37. The Morgan fingerprint density at radius 3 is 2.51 bits per heavy atom. The molecule has 0 amide bonds. The van der Waals surface area contributed by atoms with Gasteiger partial charge in [-0.1, -0.05) is 6.07 Å². The topological polar surface area (TPSA) is 63.8 Å². The molecule has 1 N–H and O–H groups in total. The van der Waals surface area contributed by atoms with Crippen LogP contribution >= 0.6 is 0 Å². The van der Waals surface area contributed by atoms with Crippen LogP contribution < -0.4 is 0 Å². The summed E-state index contributed by atoms with van der Waals surface area (Å²) in [7, 11) is 0. The highest BCUT2D eigenvalue weighted by Crippen LogP contribution is 2.45. The molecule has 0 atom stereocenters. The van der Waals surface area contributed by atoms with E-state index in [4.69, 9.17) is 4.74 Å². The second-order valence-corrected chi connectivity index (χ2v) is 9.00. The van der Waals surface area contributed by atoms with Gasteiger partial charge < -0.3 is 14.4 Å². The van der Waals surface area contributed by atoms with Gasteiger partial charge in [0.2, 0.25) is 0 Å². The van der Waals surface area contributed by atoms with Gasteiger partial charge >= 0.3 is 5.97 Å². The third-order valence-corrected chi connectivity index (χ3v) is 6.94. The molecule has 3 aromatic carbocycles. The maximum Gasteiger partial charge on any atom is 0.335 e. The van der Waals surface area contributed by atoms with Crippen molar-refractivity contribution < 1.29 is 23.4 Å². The molecule has 7 heteroatoms. The molecule has 0 bridgehead atoms. The number of fused-ring (bicyclic) bond motifs is 2. The van der Waals surface area contributed by atoms with Crippen LogP contribution in [-0.4, -0.2) is 35.1 Å². The summed E-state index contributed by atoms with van der Waals surface area (Å²) in [6, 6.07) is 14.5. The molecule has 0 spiro atoms. The first-order chi connectivity index (χ1) is 17.0. The molecule has 2 aliphatic heterocycles. The number of aliphatic imine (C=N–C) groups is 1. The van der Waals surface area contributed by atoms with Crippen molar-refractivity contribution in [3.05, 3.63) is 88.6 Å². The third kappa shape index (κ3) is 3.63. The first-order valence-electron chi connectivity index (χ1n) is 11.6. The lowest BCUT2D eigenvalue weighted by molar-refractivity contribution is 0.0696. The number of carboxylic acids is 1. The van der Waals surface area contributed by atoms with Gasteiger partial charge in [0.15, 0.2) is 0 Å². The number of aromatic carboxylic acids is 1. The highest BCUT2D eigenvalue weighted by Gasteiger charge is 2.30. The molecule has 35 heavy (non-hydrogen) atoms. The van der Waals surface area contributed by atoms with E-state index in [1.807, 2.05) is 6.21 Å². The summed E-state index contributed by atoms with van der Waals surface area (Å²) in [5.41, 5.74) is 5.62. The van der Waals surface area contributed by atoms with Crippen molar-refractivity contribution in [3.8, 4) is 16.8 Å². The van der Waals surface area contributed by atoms with Crippen LogP contribution in [0.5, 0.6) is 0 Å². The number of ether oxygens (including phenoxy) is 1. The molecule has 4 aromatic rings. The summed E-state index contributed by atoms with van der Waals surface area (Å²) in [5.74, 6) is -2.02. The van der Waals surface area contributed by atoms with Crippen LogP contribution in [0.3, 0.4) is 0 Å². The molecule has 176 valence electrons. The monoisotopic (exact) mass is 472 g/mol. The number of carbonyl (C=O) groups is 1. The Balaban J connectivity index is 1.72. The second-order valence-electron chi connectivity index (χ2n) is 9.00. The lowest BCUT2D eigenvalue weighted by atomic mass is 9.89. The molecule has 5 nitrogen and oxygen atoms in total. The maximum atomic E-state index is 15.5. The number of hydrogen-bond acceptors (Lipinski definition) is 3. The van der Waals surface area contributed by atoms with E-state index >= 15 is 4.39 Å². The Labute approximate surface area is 200 Å². The molecule has 6 rings (SSSR count). The predicted molar refractivity (Wildman–Crippen MR) is 130 cm³/mol. The SMILES string of the molecule is O=C(O)c1ccc(-c2c(C3CCOCC3)n(-c3ccc(F)cc3)c3cc4c(cc23)CN=C4)c(F)c1. The fourth-order valence-electron chi connectivity index (χ4n) is 5.27. The van der Waals surface area contributed by atoms with Crippen molar-refractivity contribution in [3.63, 3.8) is 0 Å². The number of carboxylic acid groups (broad SMARTS) is 1. The van der Waals surface area contributed by atoms with E-state index in [1.54, 1.807) is 18.2 Å². The van der Waals surface area contributed by atoms with Gasteiger partial charge in [-0.2, -0.15) is 0 Å². The number of rotatable bonds is 4. The molecule has 3 heterocycles. The minimum absolute atomic E-state index is 0.0817. The van der Waals surface area contributed by atoms with Crippen molar-refractivity contribution in [2.75, 3.05) is 13.2 Å². The van der Waals surface area contributed by atoms with E-state index in [1.165, 1.54) is 18.2 Å². The predicted octanol–water partition coefficient (Wildman–Crippen LogP) is 6.10. The standard InChI is InChI=1S/C28H22F2N2O3/c29-20-2-4-21(5-3-20)32-25-13-19-15-31-14-18(19)11-23(25)26(27(32)16-7-9-35-10-8-16)22-6-1-17(28(33)34)12-24(22)30/h1-6,11-13,15-16H,7-10,14H2,(H,33,34). The van der Waals surface area contributed by atoms with Crippen molar-refractivity contribution in [1.29, 1.82) is 0 Å². The summed E-state index contributed by atoms with van der Waals surface area (Å²) in [6.45, 7) is 1.75. The zero-order valence-corrected chi connectivity index (χ0v) is 18.8. The number of nitrogens with zero attached hydrogens (tertiary/aromatic N) is 2. The van der Waals surface area contributed by atoms with Gasteiger partial charge in [0, 0.05) is 53.2 Å². The normalized spacial score (nSPS) is 15.6. The Hall–Kier alpha value is -3.84. The van der Waals surface area contributed by atoms with E-state index in [0.29, 0.717) is 25.3 Å². The Kier molecular flexibility index (Phi) is 5.22. The van der Waals surface area contributed by atoms with Gasteiger partial charge in [-0.15, -0.1) is 0 Å². The summed E-state index contributed by atoms with van der Waals surface area (Å²) in [5, 5.41) is 10.2. The summed E-state index contributed by atoms with van der Waals surface area (Å²) >= 11 is 0. The minimum Gasteiger partial charge on any atom is -0.478 e. The third-order valence-electron chi connectivity index (χ3n) is 6.94. The average Bonchev–Trinajstić information content (AvgIpc) is 3.45. The van der Waals surface area contributed by atoms with Gasteiger partial charge in [0.05, 0.1) is 17.6 Å². The fourth-order valence-corrected chi connectivity index (χ4v) is 5.27. The smallest absolute Gasteiger partial charge is 0.335 e. The van der Waals surface area contributed by atoms with E-state index < -0.39 is 11.8 Å². The molecule has 1 saturated heterocycles. The van der Waals surface area contributed by atoms with Crippen molar-refractivity contribution >= 4 is 23.1 Å². The highest BCUT2D eigenvalue weighted by atomic mass is 19.1. The van der Waals surface area contributed by atoms with Crippen LogP contribution in [0.4, 0.5) is 8.78 Å². The fraction of sp³-hybridized carbons (Fsp3) is 0.214. The molecular weight excluding hydrogens is 450 g/mol. The van der Waals surface area contributed by atoms with Gasteiger partial charge in [-0.05, 0) is 72.5 Å². The van der Waals surface area contributed by atoms with Gasteiger partial charge in [0.1, 0.15) is 11.6 Å². The quantitative estimate of drug-likeness (QED) is 0.390. The Morgan fingerprint density at radius 1 is 1.03 bits per heavy atom. The van der Waals surface area contributed by atoms with E-state index in [-0.39, 0.29) is 17.3 Å². The average molecular weight is 472 g/mol. The number of halogens is 2. The summed E-state index contributed by atoms with van der Waals surface area (Å²) in [4.78, 5) is 15.8. The molecule has 0 saturated carbocycles. The molecule has 1 aromatic heterocycles. The Bertz CT molecular complexity index is 1500. The zero-order chi connectivity index (χ0) is 24.1. The lowest BCUT2D eigenvalue weighted by Crippen LogP contribution is -2.17. The first kappa shape index (κ1) is 21.7. The van der Waals surface area contributed by atoms with Crippen LogP contribution in [-0.2, 0) is 11.3 Å². The minimum atomic E-state index is -1.18. The van der Waals surface area contributed by atoms with Crippen LogP contribution in [0.15, 0.2) is 59.6 Å². The van der Waals surface area contributed by atoms with Crippen molar-refractivity contribution in [2.24, 2.45) is 4.99 Å². The van der Waals surface area contributed by atoms with Crippen molar-refractivity contribution in [1.82, 2.24) is 4.57 Å². The van der Waals surface area contributed by atoms with Crippen LogP contribution in [0.1, 0.15) is 45.9 Å². The second kappa shape index (κ2) is 8.43. The van der Waals surface area contributed by atoms with E-state index in [0.717, 1.165) is 57.9 Å². The highest BCUT2D eigenvalue weighted by molar-refractivity contribution is 6.03. The number of aromatic nitrogens is 1. The molecular formula is C28H22F2N2O3. The van der Waals surface area contributed by atoms with Crippen LogP contribution in [0, 0.1) is 11.6 Å². The van der Waals surface area contributed by atoms with Crippen LogP contribution in [0.25, 0.3) is 27.7 Å². The molecule has 1 fully saturated rings. The molecule has 0 radical (unpaired) electrons. The lowest BCUT2D eigenvalue weighted by Gasteiger charge is -2.26. The number of hydrogen-bond donors (Lipinski definition) is 1. The molecule has 0 aliphatic carbocycles. The van der Waals surface area contributed by atoms with Crippen LogP contribution in [0.2, 0.25) is 0 Å². The van der Waals surface area contributed by atoms with Gasteiger partial charge in [-0.3, -0.25) is 4.99 Å². The Morgan fingerprint density at radius 2 is 1.80 bits per heavy atom. The first-order valence-corrected chi connectivity index (χ1v) is 11.6. The van der Waals surface area contributed by atoms with E-state index in [2.05, 4.69) is 21.7 Å². The van der Waals surface area contributed by atoms with Gasteiger partial charge in [0.25, 0.3) is 0 Å². The molecule has 0 unspecified atom stereocenters. The van der Waals surface area contributed by atoms with Gasteiger partial charge in [-0.25, -0.2) is 13.6 Å².